The summed E-state index contributed by atoms with van der Waals surface area (Å²) in [5, 5.41) is 0. The fourth-order valence-corrected chi connectivity index (χ4v) is 3.36. The van der Waals surface area contributed by atoms with Crippen molar-refractivity contribution >= 4 is 21.8 Å². The fraction of sp³-hybridized carbons (Fsp3) is 0.562. The van der Waals surface area contributed by atoms with Gasteiger partial charge in [-0.1, -0.05) is 31.4 Å². The standard InChI is InChI=1S/C16H22BrNO/c1-3-18(13-9-5-4-6-10-13)16(19)14-11-7-8-12(2)15(14)17/h7-8,11,13H,3-6,9-10H2,1-2H3. The van der Waals surface area contributed by atoms with Crippen molar-refractivity contribution in [3.63, 3.8) is 0 Å². The van der Waals surface area contributed by atoms with Crippen LogP contribution in [0.3, 0.4) is 0 Å². The first-order valence-corrected chi connectivity index (χ1v) is 8.00. The van der Waals surface area contributed by atoms with E-state index in [1.807, 2.05) is 25.1 Å². The van der Waals surface area contributed by atoms with Crippen molar-refractivity contribution < 1.29 is 4.79 Å². The molecule has 1 aliphatic rings. The van der Waals surface area contributed by atoms with Crippen molar-refractivity contribution in [3.05, 3.63) is 33.8 Å². The molecule has 19 heavy (non-hydrogen) atoms. The maximum absolute atomic E-state index is 12.7. The van der Waals surface area contributed by atoms with Crippen LogP contribution in [-0.2, 0) is 0 Å². The van der Waals surface area contributed by atoms with Gasteiger partial charge in [0.25, 0.3) is 5.91 Å². The van der Waals surface area contributed by atoms with Crippen LogP contribution in [0, 0.1) is 6.92 Å². The fourth-order valence-electron chi connectivity index (χ4n) is 2.93. The van der Waals surface area contributed by atoms with E-state index in [4.69, 9.17) is 0 Å². The van der Waals surface area contributed by atoms with Crippen LogP contribution >= 0.6 is 15.9 Å². The smallest absolute Gasteiger partial charge is 0.255 e. The van der Waals surface area contributed by atoms with Gasteiger partial charge in [0.1, 0.15) is 0 Å². The van der Waals surface area contributed by atoms with Crippen LogP contribution in [0.1, 0.15) is 54.9 Å². The van der Waals surface area contributed by atoms with Gasteiger partial charge in [0.05, 0.1) is 5.56 Å². The van der Waals surface area contributed by atoms with Gasteiger partial charge in [-0.15, -0.1) is 0 Å². The third-order valence-electron chi connectivity index (χ3n) is 4.04. The Balaban J connectivity index is 2.22. The summed E-state index contributed by atoms with van der Waals surface area (Å²) in [4.78, 5) is 14.8. The highest BCUT2D eigenvalue weighted by Gasteiger charge is 2.26. The van der Waals surface area contributed by atoms with Crippen LogP contribution in [-0.4, -0.2) is 23.4 Å². The number of nitrogens with zero attached hydrogens (tertiary/aromatic N) is 1. The normalized spacial score (nSPS) is 16.4. The molecule has 0 spiro atoms. The molecular weight excluding hydrogens is 302 g/mol. The van der Waals surface area contributed by atoms with Crippen molar-refractivity contribution in [2.24, 2.45) is 0 Å². The number of carbonyl (C=O) groups excluding carboxylic acids is 1. The van der Waals surface area contributed by atoms with E-state index < -0.39 is 0 Å². The summed E-state index contributed by atoms with van der Waals surface area (Å²) < 4.78 is 0.939. The van der Waals surface area contributed by atoms with E-state index in [0.717, 1.165) is 35.0 Å². The summed E-state index contributed by atoms with van der Waals surface area (Å²) >= 11 is 3.55. The van der Waals surface area contributed by atoms with Crippen molar-refractivity contribution in [2.75, 3.05) is 6.54 Å². The van der Waals surface area contributed by atoms with Gasteiger partial charge in [0.2, 0.25) is 0 Å². The molecule has 1 aromatic carbocycles. The quantitative estimate of drug-likeness (QED) is 0.798. The van der Waals surface area contributed by atoms with Crippen molar-refractivity contribution in [1.82, 2.24) is 4.90 Å². The van der Waals surface area contributed by atoms with Crippen molar-refractivity contribution in [1.29, 1.82) is 0 Å². The van der Waals surface area contributed by atoms with Gasteiger partial charge in [-0.25, -0.2) is 0 Å². The summed E-state index contributed by atoms with van der Waals surface area (Å²) in [6.07, 6.45) is 6.13. The maximum atomic E-state index is 12.7. The number of carbonyl (C=O) groups is 1. The molecule has 2 rings (SSSR count). The first kappa shape index (κ1) is 14.6. The van der Waals surface area contributed by atoms with Crippen LogP contribution in [0.2, 0.25) is 0 Å². The second-order valence-corrected chi connectivity index (χ2v) is 6.11. The summed E-state index contributed by atoms with van der Waals surface area (Å²) in [6, 6.07) is 6.34. The molecule has 0 unspecified atom stereocenters. The zero-order valence-corrected chi connectivity index (χ0v) is 13.4. The molecule has 3 heteroatoms. The summed E-state index contributed by atoms with van der Waals surface area (Å²) in [5.41, 5.74) is 1.91. The average molecular weight is 324 g/mol. The van der Waals surface area contributed by atoms with Crippen LogP contribution in [0.4, 0.5) is 0 Å². The molecule has 0 saturated heterocycles. The molecule has 0 bridgehead atoms. The van der Waals surface area contributed by atoms with E-state index in [0.29, 0.717) is 6.04 Å². The zero-order valence-electron chi connectivity index (χ0n) is 11.8. The Morgan fingerprint density at radius 3 is 2.63 bits per heavy atom. The first-order chi connectivity index (χ1) is 9.15. The number of amides is 1. The van der Waals surface area contributed by atoms with E-state index in [1.54, 1.807) is 0 Å². The van der Waals surface area contributed by atoms with E-state index in [9.17, 15) is 4.79 Å². The van der Waals surface area contributed by atoms with Crippen molar-refractivity contribution in [3.8, 4) is 0 Å². The molecule has 1 saturated carbocycles. The van der Waals surface area contributed by atoms with E-state index in [1.165, 1.54) is 19.3 Å². The van der Waals surface area contributed by atoms with E-state index >= 15 is 0 Å². The highest BCUT2D eigenvalue weighted by molar-refractivity contribution is 9.10. The van der Waals surface area contributed by atoms with Crippen molar-refractivity contribution in [2.45, 2.75) is 52.0 Å². The number of halogens is 1. The van der Waals surface area contributed by atoms with Gasteiger partial charge in [-0.3, -0.25) is 4.79 Å². The average Bonchev–Trinajstić information content (AvgIpc) is 2.44. The minimum absolute atomic E-state index is 0.171. The number of hydrogen-bond acceptors (Lipinski definition) is 1. The predicted molar refractivity (Wildman–Crippen MR) is 82.5 cm³/mol. The van der Waals surface area contributed by atoms with Crippen LogP contribution in [0.15, 0.2) is 22.7 Å². The van der Waals surface area contributed by atoms with Gasteiger partial charge >= 0.3 is 0 Å². The first-order valence-electron chi connectivity index (χ1n) is 7.21. The molecule has 0 radical (unpaired) electrons. The molecule has 0 aliphatic heterocycles. The monoisotopic (exact) mass is 323 g/mol. The lowest BCUT2D eigenvalue weighted by atomic mass is 9.93. The molecule has 0 atom stereocenters. The minimum Gasteiger partial charge on any atom is -0.336 e. The molecule has 0 aromatic heterocycles. The van der Waals surface area contributed by atoms with Crippen LogP contribution < -0.4 is 0 Å². The Morgan fingerprint density at radius 2 is 2.00 bits per heavy atom. The third-order valence-corrected chi connectivity index (χ3v) is 5.09. The van der Waals surface area contributed by atoms with Gasteiger partial charge in [0, 0.05) is 17.1 Å². The highest BCUT2D eigenvalue weighted by Crippen LogP contribution is 2.27. The molecule has 1 aromatic rings. The Bertz CT molecular complexity index is 452. The van der Waals surface area contributed by atoms with Crippen LogP contribution in [0.5, 0.6) is 0 Å². The topological polar surface area (TPSA) is 20.3 Å². The third kappa shape index (κ3) is 3.19. The number of benzene rings is 1. The Labute approximate surface area is 124 Å². The largest absolute Gasteiger partial charge is 0.336 e. The molecule has 0 N–H and O–H groups in total. The van der Waals surface area contributed by atoms with Crippen LogP contribution in [0.25, 0.3) is 0 Å². The van der Waals surface area contributed by atoms with Gasteiger partial charge < -0.3 is 4.90 Å². The lowest BCUT2D eigenvalue weighted by molar-refractivity contribution is 0.0647. The minimum atomic E-state index is 0.171. The molecular formula is C16H22BrNO. The van der Waals surface area contributed by atoms with E-state index in [-0.39, 0.29) is 5.91 Å². The van der Waals surface area contributed by atoms with E-state index in [2.05, 4.69) is 27.8 Å². The second kappa shape index (κ2) is 6.56. The summed E-state index contributed by atoms with van der Waals surface area (Å²) in [6.45, 7) is 4.90. The van der Waals surface area contributed by atoms with Gasteiger partial charge in [-0.05, 0) is 54.2 Å². The molecule has 1 amide bonds. The molecule has 1 fully saturated rings. The SMILES string of the molecule is CCN(C(=O)c1cccc(C)c1Br)C1CCCCC1. The highest BCUT2D eigenvalue weighted by atomic mass is 79.9. The van der Waals surface area contributed by atoms with Gasteiger partial charge in [-0.2, -0.15) is 0 Å². The molecule has 104 valence electrons. The predicted octanol–water partition coefficient (Wildman–Crippen LogP) is 4.55. The summed E-state index contributed by atoms with van der Waals surface area (Å²) in [7, 11) is 0. The molecule has 2 nitrogen and oxygen atoms in total. The summed E-state index contributed by atoms with van der Waals surface area (Å²) in [5.74, 6) is 0.171. The molecule has 1 aliphatic carbocycles. The number of aryl methyl sites for hydroxylation is 1. The maximum Gasteiger partial charge on any atom is 0.255 e. The number of hydrogen-bond donors (Lipinski definition) is 0. The molecule has 0 heterocycles. The lowest BCUT2D eigenvalue weighted by Crippen LogP contribution is -2.41. The van der Waals surface area contributed by atoms with Gasteiger partial charge in [0.15, 0.2) is 0 Å². The Morgan fingerprint density at radius 1 is 1.32 bits per heavy atom. The Hall–Kier alpha value is -0.830. The zero-order chi connectivity index (χ0) is 13.8. The Kier molecular flexibility index (Phi) is 5.03. The lowest BCUT2D eigenvalue weighted by Gasteiger charge is -2.34. The number of rotatable bonds is 3. The second-order valence-electron chi connectivity index (χ2n) is 5.32.